The maximum absolute atomic E-state index is 13.1. The molecule has 2 aromatic rings. The lowest BCUT2D eigenvalue weighted by Gasteiger charge is -2.10. The van der Waals surface area contributed by atoms with Gasteiger partial charge in [0.1, 0.15) is 5.82 Å². The van der Waals surface area contributed by atoms with Gasteiger partial charge in [-0.05, 0) is 35.2 Å². The fraction of sp³-hybridized carbons (Fsp3) is 0.0909. The van der Waals surface area contributed by atoms with Gasteiger partial charge in [-0.3, -0.25) is 0 Å². The molecule has 1 aromatic carbocycles. The Bertz CT molecular complexity index is 456. The van der Waals surface area contributed by atoms with Crippen molar-refractivity contribution in [2.45, 2.75) is 4.83 Å². The van der Waals surface area contributed by atoms with Crippen LogP contribution >= 0.6 is 38.9 Å². The van der Waals surface area contributed by atoms with Gasteiger partial charge in [-0.1, -0.05) is 33.6 Å². The Kier molecular flexibility index (Phi) is 3.44. The Morgan fingerprint density at radius 1 is 1.33 bits per heavy atom. The number of thiophene rings is 1. The number of halogens is 3. The minimum atomic E-state index is -0.268. The Morgan fingerprint density at radius 3 is 2.80 bits per heavy atom. The summed E-state index contributed by atoms with van der Waals surface area (Å²) in [4.78, 5) is 1.07. The van der Waals surface area contributed by atoms with Crippen molar-refractivity contribution in [2.24, 2.45) is 0 Å². The number of hydrogen-bond donors (Lipinski definition) is 0. The molecule has 1 atom stereocenters. The molecule has 0 aliphatic heterocycles. The van der Waals surface area contributed by atoms with Crippen LogP contribution in [0.25, 0.3) is 0 Å². The molecule has 0 radical (unpaired) electrons. The Morgan fingerprint density at radius 2 is 2.13 bits per heavy atom. The van der Waals surface area contributed by atoms with E-state index in [2.05, 4.69) is 15.9 Å². The third-order valence-corrected chi connectivity index (χ3v) is 4.60. The van der Waals surface area contributed by atoms with E-state index in [1.54, 1.807) is 17.4 Å². The van der Waals surface area contributed by atoms with Crippen LogP contribution in [-0.2, 0) is 0 Å². The van der Waals surface area contributed by atoms with Crippen LogP contribution in [0.2, 0.25) is 5.02 Å². The number of alkyl halides is 1. The number of rotatable bonds is 2. The molecule has 1 unspecified atom stereocenters. The fourth-order valence-corrected chi connectivity index (χ4v) is 3.23. The van der Waals surface area contributed by atoms with Gasteiger partial charge in [-0.25, -0.2) is 4.39 Å². The van der Waals surface area contributed by atoms with Crippen molar-refractivity contribution < 1.29 is 4.39 Å². The van der Waals surface area contributed by atoms with Crippen molar-refractivity contribution in [1.82, 2.24) is 0 Å². The molecule has 0 aliphatic rings. The highest BCUT2D eigenvalue weighted by Gasteiger charge is 2.15. The van der Waals surface area contributed by atoms with E-state index in [1.807, 2.05) is 17.5 Å². The molecule has 0 spiro atoms. The van der Waals surface area contributed by atoms with Gasteiger partial charge in [-0.15, -0.1) is 11.3 Å². The minimum Gasteiger partial charge on any atom is -0.207 e. The zero-order valence-electron chi connectivity index (χ0n) is 7.58. The van der Waals surface area contributed by atoms with Gasteiger partial charge in [0.25, 0.3) is 0 Å². The van der Waals surface area contributed by atoms with Gasteiger partial charge in [0.2, 0.25) is 0 Å². The summed E-state index contributed by atoms with van der Waals surface area (Å²) in [5, 5.41) is 2.56. The summed E-state index contributed by atoms with van der Waals surface area (Å²) in [6, 6.07) is 8.35. The Balaban J connectivity index is 2.41. The van der Waals surface area contributed by atoms with Crippen LogP contribution in [0, 0.1) is 5.82 Å². The lowest BCUT2D eigenvalue weighted by atomic mass is 10.1. The second-order valence-corrected chi connectivity index (χ2v) is 5.35. The number of benzene rings is 1. The molecule has 0 saturated carbocycles. The maximum Gasteiger partial charge on any atom is 0.123 e. The summed E-state index contributed by atoms with van der Waals surface area (Å²) in [5.74, 6) is -0.268. The largest absolute Gasteiger partial charge is 0.207 e. The first kappa shape index (κ1) is 11.1. The normalized spacial score (nSPS) is 12.7. The smallest absolute Gasteiger partial charge is 0.123 e. The topological polar surface area (TPSA) is 0 Å². The average Bonchev–Trinajstić information content (AvgIpc) is 2.74. The standard InChI is InChI=1S/C11H7BrClFS/c12-11(10-2-1-5-15-10)8-6-7(14)3-4-9(8)13/h1-6,11H. The molecule has 4 heteroatoms. The minimum absolute atomic E-state index is 0.0410. The second kappa shape index (κ2) is 4.64. The van der Waals surface area contributed by atoms with E-state index in [0.29, 0.717) is 5.02 Å². The van der Waals surface area contributed by atoms with Crippen molar-refractivity contribution in [3.8, 4) is 0 Å². The zero-order valence-corrected chi connectivity index (χ0v) is 10.7. The first-order valence-corrected chi connectivity index (χ1v) is 6.48. The number of hydrogen-bond acceptors (Lipinski definition) is 1. The van der Waals surface area contributed by atoms with Crippen molar-refractivity contribution in [2.75, 3.05) is 0 Å². The molecular formula is C11H7BrClFS. The highest BCUT2D eigenvalue weighted by molar-refractivity contribution is 9.09. The van der Waals surface area contributed by atoms with Crippen molar-refractivity contribution in [3.05, 3.63) is 57.0 Å². The molecule has 1 aromatic heterocycles. The maximum atomic E-state index is 13.1. The van der Waals surface area contributed by atoms with Crippen molar-refractivity contribution in [3.63, 3.8) is 0 Å². The van der Waals surface area contributed by atoms with E-state index in [1.165, 1.54) is 12.1 Å². The molecule has 0 N–H and O–H groups in total. The summed E-state index contributed by atoms with van der Waals surface area (Å²) in [6.07, 6.45) is 0. The molecule has 0 saturated heterocycles. The van der Waals surface area contributed by atoms with Crippen molar-refractivity contribution in [1.29, 1.82) is 0 Å². The second-order valence-electron chi connectivity index (χ2n) is 3.04. The molecule has 0 aliphatic carbocycles. The predicted molar refractivity (Wildman–Crippen MR) is 66.5 cm³/mol. The summed E-state index contributed by atoms with van der Waals surface area (Å²) in [6.45, 7) is 0. The van der Waals surface area contributed by atoms with Crippen LogP contribution in [0.15, 0.2) is 35.7 Å². The molecule has 0 amide bonds. The van der Waals surface area contributed by atoms with E-state index < -0.39 is 0 Å². The fourth-order valence-electron chi connectivity index (χ4n) is 1.30. The third kappa shape index (κ3) is 2.41. The van der Waals surface area contributed by atoms with Crippen LogP contribution in [0.5, 0.6) is 0 Å². The van der Waals surface area contributed by atoms with E-state index in [0.717, 1.165) is 10.4 Å². The lowest BCUT2D eigenvalue weighted by molar-refractivity contribution is 0.626. The Labute approximate surface area is 105 Å². The van der Waals surface area contributed by atoms with E-state index in [9.17, 15) is 4.39 Å². The first-order chi connectivity index (χ1) is 7.18. The highest BCUT2D eigenvalue weighted by atomic mass is 79.9. The monoisotopic (exact) mass is 304 g/mol. The van der Waals surface area contributed by atoms with Crippen LogP contribution in [0.1, 0.15) is 15.3 Å². The van der Waals surface area contributed by atoms with Crippen LogP contribution in [0.4, 0.5) is 4.39 Å². The van der Waals surface area contributed by atoms with Gasteiger partial charge in [0.15, 0.2) is 0 Å². The highest BCUT2D eigenvalue weighted by Crippen LogP contribution is 2.37. The summed E-state index contributed by atoms with van der Waals surface area (Å²) in [7, 11) is 0. The predicted octanol–water partition coefficient (Wildman–Crippen LogP) is 5.02. The molecular weight excluding hydrogens is 299 g/mol. The van der Waals surface area contributed by atoms with Crippen LogP contribution < -0.4 is 0 Å². The van der Waals surface area contributed by atoms with Gasteiger partial charge >= 0.3 is 0 Å². The summed E-state index contributed by atoms with van der Waals surface area (Å²) in [5.41, 5.74) is 0.763. The molecule has 78 valence electrons. The van der Waals surface area contributed by atoms with Gasteiger partial charge in [0.05, 0.1) is 4.83 Å². The van der Waals surface area contributed by atoms with E-state index in [4.69, 9.17) is 11.6 Å². The third-order valence-electron chi connectivity index (χ3n) is 2.02. The SMILES string of the molecule is Fc1ccc(Cl)c(C(Br)c2cccs2)c1. The molecule has 2 rings (SSSR count). The first-order valence-electron chi connectivity index (χ1n) is 4.31. The van der Waals surface area contributed by atoms with Gasteiger partial charge in [0, 0.05) is 9.90 Å². The zero-order chi connectivity index (χ0) is 10.8. The van der Waals surface area contributed by atoms with Gasteiger partial charge in [-0.2, -0.15) is 0 Å². The summed E-state index contributed by atoms with van der Waals surface area (Å²) >= 11 is 11.1. The van der Waals surface area contributed by atoms with E-state index in [-0.39, 0.29) is 10.6 Å². The quantitative estimate of drug-likeness (QED) is 0.683. The Hall–Kier alpha value is -0.380. The average molecular weight is 306 g/mol. The van der Waals surface area contributed by atoms with Crippen LogP contribution in [-0.4, -0.2) is 0 Å². The molecule has 1 heterocycles. The van der Waals surface area contributed by atoms with Gasteiger partial charge < -0.3 is 0 Å². The molecule has 0 fully saturated rings. The molecule has 15 heavy (non-hydrogen) atoms. The van der Waals surface area contributed by atoms with Crippen LogP contribution in [0.3, 0.4) is 0 Å². The molecule has 0 nitrogen and oxygen atoms in total. The lowest BCUT2D eigenvalue weighted by Crippen LogP contribution is -1.92. The van der Waals surface area contributed by atoms with Crippen molar-refractivity contribution >= 4 is 38.9 Å². The summed E-state index contributed by atoms with van der Waals surface area (Å²) < 4.78 is 13.1. The molecule has 0 bridgehead atoms. The van der Waals surface area contributed by atoms with E-state index >= 15 is 0 Å².